The number of carbonyl (C=O) groups excluding carboxylic acids is 2. The molecule has 9 heteroatoms. The van der Waals surface area contributed by atoms with Gasteiger partial charge in [0.15, 0.2) is 11.5 Å². The van der Waals surface area contributed by atoms with E-state index >= 15 is 0 Å². The Hall–Kier alpha value is -2.81. The van der Waals surface area contributed by atoms with Crippen LogP contribution < -0.4 is 15.5 Å². The molecule has 0 spiro atoms. The first kappa shape index (κ1) is 17.5. The molecule has 0 unspecified atom stereocenters. The van der Waals surface area contributed by atoms with Crippen LogP contribution in [0.5, 0.6) is 11.5 Å². The summed E-state index contributed by atoms with van der Waals surface area (Å²) >= 11 is 3.17. The number of benzene rings is 1. The first-order valence-corrected chi connectivity index (χ1v) is 7.50. The highest BCUT2D eigenvalue weighted by molar-refractivity contribution is 9.10. The molecule has 0 aliphatic carbocycles. The van der Waals surface area contributed by atoms with E-state index in [1.54, 1.807) is 18.2 Å². The van der Waals surface area contributed by atoms with E-state index in [-0.39, 0.29) is 18.0 Å². The highest BCUT2D eigenvalue weighted by Crippen LogP contribution is 2.34. The van der Waals surface area contributed by atoms with Gasteiger partial charge in [0, 0.05) is 0 Å². The summed E-state index contributed by atoms with van der Waals surface area (Å²) in [5, 5.41) is 15.8. The van der Waals surface area contributed by atoms with Crippen molar-refractivity contribution in [1.29, 1.82) is 0 Å². The Morgan fingerprint density at radius 2 is 2.21 bits per heavy atom. The van der Waals surface area contributed by atoms with Gasteiger partial charge in [0.1, 0.15) is 5.76 Å². The fourth-order valence-electron chi connectivity index (χ4n) is 1.70. The van der Waals surface area contributed by atoms with E-state index in [4.69, 9.17) is 9.15 Å². The maximum atomic E-state index is 11.6. The molecule has 0 atom stereocenters. The molecule has 2 amide bonds. The van der Waals surface area contributed by atoms with Crippen molar-refractivity contribution < 1.29 is 23.8 Å². The van der Waals surface area contributed by atoms with Gasteiger partial charge in [-0.25, -0.2) is 5.43 Å². The molecule has 0 radical (unpaired) electrons. The minimum absolute atomic E-state index is 0.0454. The molecule has 3 N–H and O–H groups in total. The second-order valence-corrected chi connectivity index (χ2v) is 5.37. The van der Waals surface area contributed by atoms with Gasteiger partial charge in [0.25, 0.3) is 0 Å². The summed E-state index contributed by atoms with van der Waals surface area (Å²) in [6.45, 7) is 0.102. The highest BCUT2D eigenvalue weighted by atomic mass is 79.9. The zero-order valence-electron chi connectivity index (χ0n) is 12.6. The van der Waals surface area contributed by atoms with Crippen LogP contribution in [0.15, 0.2) is 44.5 Å². The van der Waals surface area contributed by atoms with Crippen LogP contribution in [-0.4, -0.2) is 30.2 Å². The topological polar surface area (TPSA) is 113 Å². The van der Waals surface area contributed by atoms with Gasteiger partial charge in [-0.05, 0) is 45.8 Å². The molecule has 0 fully saturated rings. The molecule has 24 heavy (non-hydrogen) atoms. The van der Waals surface area contributed by atoms with E-state index in [1.807, 2.05) is 0 Å². The van der Waals surface area contributed by atoms with E-state index in [0.29, 0.717) is 15.8 Å². The lowest BCUT2D eigenvalue weighted by molar-refractivity contribution is -0.139. The third kappa shape index (κ3) is 4.59. The number of furan rings is 1. The van der Waals surface area contributed by atoms with Crippen LogP contribution >= 0.6 is 15.9 Å². The fraction of sp³-hybridized carbons (Fsp3) is 0.133. The molecule has 0 aliphatic rings. The van der Waals surface area contributed by atoms with E-state index in [2.05, 4.69) is 31.8 Å². The van der Waals surface area contributed by atoms with Crippen molar-refractivity contribution in [2.24, 2.45) is 5.10 Å². The fourth-order valence-corrected chi connectivity index (χ4v) is 2.16. The number of hydrogen-bond donors (Lipinski definition) is 3. The smallest absolute Gasteiger partial charge is 0.329 e. The maximum Gasteiger partial charge on any atom is 0.329 e. The number of ether oxygens (including phenoxy) is 1. The Bertz CT molecular complexity index is 759. The van der Waals surface area contributed by atoms with Gasteiger partial charge in [-0.2, -0.15) is 5.10 Å². The SMILES string of the molecule is COc1cc(/C=N/NC(=O)C(=O)NCc2ccco2)cc(Br)c1O. The normalized spacial score (nSPS) is 10.6. The lowest BCUT2D eigenvalue weighted by Gasteiger charge is -2.06. The summed E-state index contributed by atoms with van der Waals surface area (Å²) in [7, 11) is 1.41. The van der Waals surface area contributed by atoms with Crippen molar-refractivity contribution in [1.82, 2.24) is 10.7 Å². The van der Waals surface area contributed by atoms with Gasteiger partial charge < -0.3 is 19.6 Å². The van der Waals surface area contributed by atoms with Crippen molar-refractivity contribution in [2.45, 2.75) is 6.54 Å². The van der Waals surface area contributed by atoms with Crippen molar-refractivity contribution in [2.75, 3.05) is 7.11 Å². The zero-order chi connectivity index (χ0) is 17.5. The maximum absolute atomic E-state index is 11.6. The predicted molar refractivity (Wildman–Crippen MR) is 88.7 cm³/mol. The number of hydrazone groups is 1. The van der Waals surface area contributed by atoms with Crippen LogP contribution in [0.2, 0.25) is 0 Å². The van der Waals surface area contributed by atoms with Crippen LogP contribution in [0.3, 0.4) is 0 Å². The summed E-state index contributed by atoms with van der Waals surface area (Å²) in [4.78, 5) is 23.2. The van der Waals surface area contributed by atoms with Crippen LogP contribution in [0.1, 0.15) is 11.3 Å². The van der Waals surface area contributed by atoms with E-state index in [0.717, 1.165) is 0 Å². The number of nitrogens with one attached hydrogen (secondary N) is 2. The summed E-state index contributed by atoms with van der Waals surface area (Å²) < 4.78 is 10.4. The minimum Gasteiger partial charge on any atom is -0.503 e. The number of phenols is 1. The van der Waals surface area contributed by atoms with Crippen molar-refractivity contribution >= 4 is 34.0 Å². The molecule has 0 saturated carbocycles. The van der Waals surface area contributed by atoms with Gasteiger partial charge in [-0.3, -0.25) is 9.59 Å². The number of carbonyl (C=O) groups is 2. The summed E-state index contributed by atoms with van der Waals surface area (Å²) in [6, 6.07) is 6.44. The number of hydrogen-bond acceptors (Lipinski definition) is 6. The average Bonchev–Trinajstić information content (AvgIpc) is 3.09. The number of methoxy groups -OCH3 is 1. The number of nitrogens with zero attached hydrogens (tertiary/aromatic N) is 1. The standard InChI is InChI=1S/C15H14BrN3O5/c1-23-12-6-9(5-11(16)13(12)20)7-18-19-15(22)14(21)17-8-10-3-2-4-24-10/h2-7,20H,8H2,1H3,(H,17,21)(H,19,22)/b18-7+. The molecule has 126 valence electrons. The van der Waals surface area contributed by atoms with Gasteiger partial charge in [-0.1, -0.05) is 0 Å². The van der Waals surface area contributed by atoms with E-state index < -0.39 is 11.8 Å². The molecule has 0 aliphatic heterocycles. The number of amides is 2. The van der Waals surface area contributed by atoms with Crippen LogP contribution in [0.25, 0.3) is 0 Å². The molecule has 2 aromatic rings. The number of halogens is 1. The molecule has 2 rings (SSSR count). The molecule has 1 heterocycles. The first-order chi connectivity index (χ1) is 11.5. The van der Waals surface area contributed by atoms with Crippen LogP contribution in [-0.2, 0) is 16.1 Å². The number of phenolic OH excluding ortho intramolecular Hbond substituents is 1. The molecular formula is C15H14BrN3O5. The number of rotatable bonds is 5. The summed E-state index contributed by atoms with van der Waals surface area (Å²) in [5.41, 5.74) is 2.65. The van der Waals surface area contributed by atoms with Gasteiger partial charge >= 0.3 is 11.8 Å². The molecule has 0 bridgehead atoms. The molecule has 0 saturated heterocycles. The zero-order valence-corrected chi connectivity index (χ0v) is 14.2. The Kier molecular flexibility index (Phi) is 5.96. The van der Waals surface area contributed by atoms with E-state index in [1.165, 1.54) is 25.7 Å². The van der Waals surface area contributed by atoms with E-state index in [9.17, 15) is 14.7 Å². The Labute approximate surface area is 145 Å². The van der Waals surface area contributed by atoms with Crippen LogP contribution in [0.4, 0.5) is 0 Å². The Balaban J connectivity index is 1.89. The van der Waals surface area contributed by atoms with Crippen molar-refractivity contribution in [3.8, 4) is 11.5 Å². The van der Waals surface area contributed by atoms with Gasteiger partial charge in [0.2, 0.25) is 0 Å². The number of aromatic hydroxyl groups is 1. The molecule has 1 aromatic heterocycles. The second kappa shape index (κ2) is 8.16. The monoisotopic (exact) mass is 395 g/mol. The Morgan fingerprint density at radius 3 is 2.88 bits per heavy atom. The largest absolute Gasteiger partial charge is 0.503 e. The molecular weight excluding hydrogens is 382 g/mol. The molecule has 8 nitrogen and oxygen atoms in total. The quantitative estimate of drug-likeness (QED) is 0.403. The summed E-state index contributed by atoms with van der Waals surface area (Å²) in [5.74, 6) is -1.03. The summed E-state index contributed by atoms with van der Waals surface area (Å²) in [6.07, 6.45) is 2.78. The lowest BCUT2D eigenvalue weighted by Crippen LogP contribution is -2.37. The first-order valence-electron chi connectivity index (χ1n) is 6.71. The lowest BCUT2D eigenvalue weighted by atomic mass is 10.2. The third-order valence-corrected chi connectivity index (χ3v) is 3.46. The van der Waals surface area contributed by atoms with Crippen molar-refractivity contribution in [3.63, 3.8) is 0 Å². The third-order valence-electron chi connectivity index (χ3n) is 2.86. The second-order valence-electron chi connectivity index (χ2n) is 4.51. The minimum atomic E-state index is -0.914. The average molecular weight is 396 g/mol. The van der Waals surface area contributed by atoms with Gasteiger partial charge in [0.05, 0.1) is 30.6 Å². The van der Waals surface area contributed by atoms with Gasteiger partial charge in [-0.15, -0.1) is 0 Å². The Morgan fingerprint density at radius 1 is 1.42 bits per heavy atom. The molecule has 1 aromatic carbocycles. The van der Waals surface area contributed by atoms with Crippen LogP contribution in [0, 0.1) is 0 Å². The highest BCUT2D eigenvalue weighted by Gasteiger charge is 2.12. The predicted octanol–water partition coefficient (Wildman–Crippen LogP) is 1.52. The van der Waals surface area contributed by atoms with Crippen molar-refractivity contribution in [3.05, 3.63) is 46.3 Å².